The number of primary amides is 1. The first kappa shape index (κ1) is 14.2. The number of carbonyl (C=O) groups excluding carboxylic acids is 2. The summed E-state index contributed by atoms with van der Waals surface area (Å²) in [6, 6.07) is 18.8. The minimum absolute atomic E-state index is 0.0248. The molecule has 4 heteroatoms. The Hall–Kier alpha value is -3.19. The predicted molar refractivity (Wildman–Crippen MR) is 78.9 cm³/mol. The molecule has 0 fully saturated rings. The van der Waals surface area contributed by atoms with Crippen molar-refractivity contribution in [3.05, 3.63) is 77.4 Å². The minimum atomic E-state index is -0.916. The summed E-state index contributed by atoms with van der Waals surface area (Å²) in [5.41, 5.74) is 5.80. The van der Waals surface area contributed by atoms with E-state index in [1.165, 1.54) is 0 Å². The Morgan fingerprint density at radius 2 is 1.33 bits per heavy atom. The molecule has 0 spiro atoms. The Balaban J connectivity index is 2.67. The largest absolute Gasteiger partial charge is 0.365 e. The molecule has 2 aromatic rings. The number of nitrogens with two attached hydrogens (primary N) is 1. The lowest BCUT2D eigenvalue weighted by atomic mass is 9.92. The van der Waals surface area contributed by atoms with Gasteiger partial charge in [-0.05, 0) is 5.56 Å². The van der Waals surface area contributed by atoms with E-state index in [1.807, 2.05) is 0 Å². The molecule has 0 unspecified atom stereocenters. The van der Waals surface area contributed by atoms with Crippen LogP contribution in [0.25, 0.3) is 5.57 Å². The maximum absolute atomic E-state index is 12.6. The highest BCUT2D eigenvalue weighted by atomic mass is 16.1. The van der Waals surface area contributed by atoms with Crippen molar-refractivity contribution in [2.75, 3.05) is 0 Å². The molecule has 0 saturated heterocycles. The van der Waals surface area contributed by atoms with E-state index < -0.39 is 11.7 Å². The molecular weight excluding hydrogens is 264 g/mol. The van der Waals surface area contributed by atoms with Crippen molar-refractivity contribution < 1.29 is 9.59 Å². The molecule has 0 aliphatic rings. The van der Waals surface area contributed by atoms with Gasteiger partial charge < -0.3 is 5.73 Å². The molecule has 21 heavy (non-hydrogen) atoms. The number of amides is 1. The predicted octanol–water partition coefficient (Wildman–Crippen LogP) is 2.33. The number of ketones is 1. The molecule has 0 aromatic heterocycles. The summed E-state index contributed by atoms with van der Waals surface area (Å²) in [6.07, 6.45) is 0. The van der Waals surface area contributed by atoms with Crippen LogP contribution in [0.3, 0.4) is 0 Å². The van der Waals surface area contributed by atoms with Gasteiger partial charge in [-0.2, -0.15) is 5.26 Å². The number of Topliss-reactive ketones (excluding diaryl/α,β-unsaturated/α-hetero) is 1. The summed E-state index contributed by atoms with van der Waals surface area (Å²) in [6.45, 7) is 0. The van der Waals surface area contributed by atoms with Gasteiger partial charge in [-0.1, -0.05) is 60.7 Å². The number of hydrogen-bond acceptors (Lipinski definition) is 3. The van der Waals surface area contributed by atoms with Crippen molar-refractivity contribution in [3.63, 3.8) is 0 Å². The number of carbonyl (C=O) groups is 2. The molecule has 1 amide bonds. The molecular formula is C17H12N2O2. The highest BCUT2D eigenvalue weighted by Crippen LogP contribution is 2.23. The fourth-order valence-electron chi connectivity index (χ4n) is 1.96. The second-order valence-electron chi connectivity index (χ2n) is 4.29. The van der Waals surface area contributed by atoms with Crippen molar-refractivity contribution in [2.24, 2.45) is 5.73 Å². The molecule has 2 aromatic carbocycles. The van der Waals surface area contributed by atoms with Crippen LogP contribution in [0.2, 0.25) is 0 Å². The van der Waals surface area contributed by atoms with Crippen molar-refractivity contribution in [1.82, 2.24) is 0 Å². The third-order valence-corrected chi connectivity index (χ3v) is 2.93. The molecule has 0 heterocycles. The first-order valence-corrected chi connectivity index (χ1v) is 6.24. The van der Waals surface area contributed by atoms with E-state index in [2.05, 4.69) is 0 Å². The smallest absolute Gasteiger partial charge is 0.260 e. The highest BCUT2D eigenvalue weighted by Gasteiger charge is 2.22. The van der Waals surface area contributed by atoms with Crippen molar-refractivity contribution >= 4 is 17.3 Å². The molecule has 0 bridgehead atoms. The van der Waals surface area contributed by atoms with Gasteiger partial charge >= 0.3 is 0 Å². The van der Waals surface area contributed by atoms with E-state index in [9.17, 15) is 9.59 Å². The molecule has 0 aliphatic heterocycles. The first-order chi connectivity index (χ1) is 10.1. The Labute approximate surface area is 122 Å². The van der Waals surface area contributed by atoms with Crippen LogP contribution in [-0.4, -0.2) is 11.7 Å². The van der Waals surface area contributed by atoms with E-state index in [1.54, 1.807) is 66.7 Å². The summed E-state index contributed by atoms with van der Waals surface area (Å²) >= 11 is 0. The SMILES string of the molecule is N#C/C(C(N)=O)=C(\C(=O)c1ccccc1)c1ccccc1. The van der Waals surface area contributed by atoms with Crippen LogP contribution in [-0.2, 0) is 4.79 Å². The van der Waals surface area contributed by atoms with Gasteiger partial charge in [0.1, 0.15) is 11.6 Å². The highest BCUT2D eigenvalue weighted by molar-refractivity contribution is 6.33. The van der Waals surface area contributed by atoms with E-state index in [-0.39, 0.29) is 11.1 Å². The van der Waals surface area contributed by atoms with Crippen LogP contribution in [0.15, 0.2) is 66.2 Å². The molecule has 4 nitrogen and oxygen atoms in total. The molecule has 2 rings (SSSR count). The number of allylic oxidation sites excluding steroid dienone is 1. The zero-order valence-electron chi connectivity index (χ0n) is 11.1. The third kappa shape index (κ3) is 3.04. The Morgan fingerprint density at radius 3 is 1.76 bits per heavy atom. The van der Waals surface area contributed by atoms with Crippen LogP contribution in [0, 0.1) is 11.3 Å². The van der Waals surface area contributed by atoms with Crippen LogP contribution in [0.4, 0.5) is 0 Å². The quantitative estimate of drug-likeness (QED) is 0.528. The van der Waals surface area contributed by atoms with Crippen molar-refractivity contribution in [3.8, 4) is 6.07 Å². The lowest BCUT2D eigenvalue weighted by Crippen LogP contribution is -2.17. The van der Waals surface area contributed by atoms with Gasteiger partial charge in [-0.25, -0.2) is 0 Å². The molecule has 102 valence electrons. The number of hydrogen-bond donors (Lipinski definition) is 1. The lowest BCUT2D eigenvalue weighted by molar-refractivity contribution is -0.114. The summed E-state index contributed by atoms with van der Waals surface area (Å²) in [4.78, 5) is 24.1. The van der Waals surface area contributed by atoms with Crippen molar-refractivity contribution in [1.29, 1.82) is 5.26 Å². The number of nitriles is 1. The van der Waals surface area contributed by atoms with Crippen LogP contribution in [0.1, 0.15) is 15.9 Å². The second-order valence-corrected chi connectivity index (χ2v) is 4.29. The van der Waals surface area contributed by atoms with Gasteiger partial charge in [0, 0.05) is 5.56 Å². The average molecular weight is 276 g/mol. The zero-order chi connectivity index (χ0) is 15.2. The number of nitrogens with zero attached hydrogens (tertiary/aromatic N) is 1. The zero-order valence-corrected chi connectivity index (χ0v) is 11.1. The Morgan fingerprint density at radius 1 is 0.857 bits per heavy atom. The van der Waals surface area contributed by atoms with Crippen LogP contribution >= 0.6 is 0 Å². The number of benzene rings is 2. The Kier molecular flexibility index (Phi) is 4.27. The fourth-order valence-corrected chi connectivity index (χ4v) is 1.96. The van der Waals surface area contributed by atoms with Crippen LogP contribution in [0.5, 0.6) is 0 Å². The summed E-state index contributed by atoms with van der Waals surface area (Å²) in [5, 5.41) is 9.16. The molecule has 0 atom stereocenters. The van der Waals surface area contributed by atoms with Gasteiger partial charge in [0.15, 0.2) is 5.78 Å². The van der Waals surface area contributed by atoms with Gasteiger partial charge in [0.2, 0.25) is 0 Å². The first-order valence-electron chi connectivity index (χ1n) is 6.24. The van der Waals surface area contributed by atoms with Gasteiger partial charge in [-0.15, -0.1) is 0 Å². The maximum Gasteiger partial charge on any atom is 0.260 e. The standard InChI is InChI=1S/C17H12N2O2/c18-11-14(17(19)21)15(12-7-3-1-4-8-12)16(20)13-9-5-2-6-10-13/h1-10H,(H2,19,21)/b15-14+. The topological polar surface area (TPSA) is 83.9 Å². The Bertz CT molecular complexity index is 741. The maximum atomic E-state index is 12.6. The van der Waals surface area contributed by atoms with Gasteiger partial charge in [-0.3, -0.25) is 9.59 Å². The van der Waals surface area contributed by atoms with E-state index in [4.69, 9.17) is 11.0 Å². The van der Waals surface area contributed by atoms with Gasteiger partial charge in [0.25, 0.3) is 5.91 Å². The lowest BCUT2D eigenvalue weighted by Gasteiger charge is -2.08. The monoisotopic (exact) mass is 276 g/mol. The third-order valence-electron chi connectivity index (χ3n) is 2.93. The molecule has 0 radical (unpaired) electrons. The van der Waals surface area contributed by atoms with Gasteiger partial charge in [0.05, 0.1) is 5.57 Å². The van der Waals surface area contributed by atoms with E-state index in [0.29, 0.717) is 11.1 Å². The summed E-state index contributed by atoms with van der Waals surface area (Å²) in [7, 11) is 0. The van der Waals surface area contributed by atoms with E-state index >= 15 is 0 Å². The normalized spacial score (nSPS) is 11.2. The summed E-state index contributed by atoms with van der Waals surface area (Å²) < 4.78 is 0. The molecule has 0 saturated carbocycles. The fraction of sp³-hybridized carbons (Fsp3) is 0. The van der Waals surface area contributed by atoms with Crippen molar-refractivity contribution in [2.45, 2.75) is 0 Å². The van der Waals surface area contributed by atoms with Crippen LogP contribution < -0.4 is 5.73 Å². The summed E-state index contributed by atoms with van der Waals surface area (Å²) in [5.74, 6) is -1.32. The average Bonchev–Trinajstić information content (AvgIpc) is 2.53. The number of rotatable bonds is 4. The minimum Gasteiger partial charge on any atom is -0.365 e. The van der Waals surface area contributed by atoms with E-state index in [0.717, 1.165) is 0 Å². The molecule has 0 aliphatic carbocycles. The second kappa shape index (κ2) is 6.31. The molecule has 2 N–H and O–H groups in total.